The van der Waals surface area contributed by atoms with Crippen LogP contribution in [0.25, 0.3) is 0 Å². The predicted octanol–water partition coefficient (Wildman–Crippen LogP) is 2.51. The van der Waals surface area contributed by atoms with Gasteiger partial charge in [0, 0.05) is 31.2 Å². The van der Waals surface area contributed by atoms with Crippen molar-refractivity contribution in [3.63, 3.8) is 0 Å². The summed E-state index contributed by atoms with van der Waals surface area (Å²) in [5, 5.41) is 7.30. The van der Waals surface area contributed by atoms with Crippen LogP contribution in [0.1, 0.15) is 19.4 Å². The zero-order valence-corrected chi connectivity index (χ0v) is 12.7. The Labute approximate surface area is 125 Å². The minimum atomic E-state index is 0.382. The number of rotatable bonds is 6. The van der Waals surface area contributed by atoms with E-state index in [1.54, 1.807) is 6.20 Å². The van der Waals surface area contributed by atoms with Gasteiger partial charge in [-0.1, -0.05) is 26.0 Å². The van der Waals surface area contributed by atoms with Crippen molar-refractivity contribution in [3.8, 4) is 0 Å². The van der Waals surface area contributed by atoms with E-state index in [4.69, 9.17) is 5.73 Å². The van der Waals surface area contributed by atoms with Gasteiger partial charge < -0.3 is 11.1 Å². The molecule has 0 aliphatic rings. The normalized spacial score (nSPS) is 13.1. The van der Waals surface area contributed by atoms with E-state index < -0.39 is 0 Å². The summed E-state index contributed by atoms with van der Waals surface area (Å²) < 4.78 is 1.91. The molecule has 1 unspecified atom stereocenters. The highest BCUT2D eigenvalue weighted by Crippen LogP contribution is 2.09. The molecule has 0 amide bonds. The van der Waals surface area contributed by atoms with Gasteiger partial charge in [-0.2, -0.15) is 5.10 Å². The number of aromatic nitrogens is 2. The Kier molecular flexibility index (Phi) is 5.37. The SMILES string of the molecule is CCc1ccc(NC(N)=NCC(C)Cn2cccn2)cc1. The van der Waals surface area contributed by atoms with Gasteiger partial charge in [0.15, 0.2) is 5.96 Å². The molecule has 0 saturated heterocycles. The van der Waals surface area contributed by atoms with E-state index in [1.807, 2.05) is 29.1 Å². The van der Waals surface area contributed by atoms with Crippen molar-refractivity contribution in [3.05, 3.63) is 48.3 Å². The lowest BCUT2D eigenvalue weighted by molar-refractivity contribution is 0.459. The molecule has 5 nitrogen and oxygen atoms in total. The van der Waals surface area contributed by atoms with Crippen molar-refractivity contribution < 1.29 is 0 Å². The van der Waals surface area contributed by atoms with Crippen molar-refractivity contribution in [2.45, 2.75) is 26.8 Å². The Morgan fingerprint density at radius 3 is 2.76 bits per heavy atom. The lowest BCUT2D eigenvalue weighted by atomic mass is 10.1. The summed E-state index contributed by atoms with van der Waals surface area (Å²) in [7, 11) is 0. The van der Waals surface area contributed by atoms with Gasteiger partial charge in [-0.3, -0.25) is 9.67 Å². The maximum Gasteiger partial charge on any atom is 0.193 e. The molecule has 0 bridgehead atoms. The third-order valence-corrected chi connectivity index (χ3v) is 3.27. The molecule has 2 aromatic rings. The van der Waals surface area contributed by atoms with Crippen LogP contribution in [-0.4, -0.2) is 22.3 Å². The summed E-state index contributed by atoms with van der Waals surface area (Å²) in [6, 6.07) is 10.2. The highest BCUT2D eigenvalue weighted by atomic mass is 15.3. The van der Waals surface area contributed by atoms with Crippen molar-refractivity contribution in [2.24, 2.45) is 16.6 Å². The summed E-state index contributed by atoms with van der Waals surface area (Å²) in [6.45, 7) is 5.79. The lowest BCUT2D eigenvalue weighted by Crippen LogP contribution is -2.24. The molecule has 1 aromatic heterocycles. The second-order valence-electron chi connectivity index (χ2n) is 5.23. The number of hydrogen-bond donors (Lipinski definition) is 2. The molecule has 1 aromatic carbocycles. The largest absolute Gasteiger partial charge is 0.370 e. The van der Waals surface area contributed by atoms with Crippen LogP contribution < -0.4 is 11.1 Å². The number of guanidine groups is 1. The summed E-state index contributed by atoms with van der Waals surface area (Å²) in [5.74, 6) is 0.833. The van der Waals surface area contributed by atoms with Gasteiger partial charge in [-0.15, -0.1) is 0 Å². The van der Waals surface area contributed by atoms with Gasteiger partial charge in [0.05, 0.1) is 0 Å². The number of nitrogens with one attached hydrogen (secondary N) is 1. The first-order chi connectivity index (χ1) is 10.2. The first-order valence-electron chi connectivity index (χ1n) is 7.30. The van der Waals surface area contributed by atoms with Gasteiger partial charge in [-0.25, -0.2) is 0 Å². The van der Waals surface area contributed by atoms with Gasteiger partial charge >= 0.3 is 0 Å². The minimum Gasteiger partial charge on any atom is -0.370 e. The summed E-state index contributed by atoms with van der Waals surface area (Å²) in [5.41, 5.74) is 8.19. The van der Waals surface area contributed by atoms with Crippen LogP contribution in [-0.2, 0) is 13.0 Å². The average Bonchev–Trinajstić information content (AvgIpc) is 2.99. The van der Waals surface area contributed by atoms with Crippen molar-refractivity contribution >= 4 is 11.6 Å². The molecular formula is C16H23N5. The van der Waals surface area contributed by atoms with Crippen LogP contribution in [0.2, 0.25) is 0 Å². The fraction of sp³-hybridized carbons (Fsp3) is 0.375. The minimum absolute atomic E-state index is 0.382. The number of nitrogens with two attached hydrogens (primary N) is 1. The topological polar surface area (TPSA) is 68.2 Å². The van der Waals surface area contributed by atoms with Crippen molar-refractivity contribution in [1.82, 2.24) is 9.78 Å². The highest BCUT2D eigenvalue weighted by Gasteiger charge is 2.03. The van der Waals surface area contributed by atoms with E-state index in [0.717, 1.165) is 18.7 Å². The van der Waals surface area contributed by atoms with Gasteiger partial charge in [0.1, 0.15) is 0 Å². The number of hydrogen-bond acceptors (Lipinski definition) is 2. The molecule has 21 heavy (non-hydrogen) atoms. The molecular weight excluding hydrogens is 262 g/mol. The monoisotopic (exact) mass is 285 g/mol. The third kappa shape index (κ3) is 4.95. The van der Waals surface area contributed by atoms with Gasteiger partial charge in [-0.05, 0) is 36.1 Å². The zero-order valence-electron chi connectivity index (χ0n) is 12.7. The van der Waals surface area contributed by atoms with E-state index in [0.29, 0.717) is 18.4 Å². The number of aryl methyl sites for hydroxylation is 1. The smallest absolute Gasteiger partial charge is 0.193 e. The Balaban J connectivity index is 1.82. The number of anilines is 1. The van der Waals surface area contributed by atoms with Crippen LogP contribution in [0.3, 0.4) is 0 Å². The molecule has 1 heterocycles. The molecule has 0 aliphatic carbocycles. The Hall–Kier alpha value is -2.30. The Morgan fingerprint density at radius 2 is 2.14 bits per heavy atom. The first-order valence-corrected chi connectivity index (χ1v) is 7.30. The second-order valence-corrected chi connectivity index (χ2v) is 5.23. The van der Waals surface area contributed by atoms with Crippen LogP contribution >= 0.6 is 0 Å². The second kappa shape index (κ2) is 7.47. The molecule has 3 N–H and O–H groups in total. The quantitative estimate of drug-likeness (QED) is 0.633. The number of nitrogens with zero attached hydrogens (tertiary/aromatic N) is 3. The molecule has 0 fully saturated rings. The van der Waals surface area contributed by atoms with Crippen molar-refractivity contribution in [1.29, 1.82) is 0 Å². The zero-order chi connectivity index (χ0) is 15.1. The summed E-state index contributed by atoms with van der Waals surface area (Å²) in [4.78, 5) is 4.38. The molecule has 1 atom stereocenters. The number of benzene rings is 1. The van der Waals surface area contributed by atoms with E-state index in [1.165, 1.54) is 5.56 Å². The molecule has 0 aliphatic heterocycles. The van der Waals surface area contributed by atoms with E-state index in [2.05, 4.69) is 41.4 Å². The van der Waals surface area contributed by atoms with Crippen LogP contribution in [0.5, 0.6) is 0 Å². The number of aliphatic imine (C=N–C) groups is 1. The molecule has 112 valence electrons. The van der Waals surface area contributed by atoms with Crippen LogP contribution in [0.4, 0.5) is 5.69 Å². The predicted molar refractivity (Wildman–Crippen MR) is 87.3 cm³/mol. The summed E-state index contributed by atoms with van der Waals surface area (Å²) in [6.07, 6.45) is 4.78. The maximum absolute atomic E-state index is 5.91. The third-order valence-electron chi connectivity index (χ3n) is 3.27. The summed E-state index contributed by atoms with van der Waals surface area (Å²) >= 11 is 0. The van der Waals surface area contributed by atoms with Gasteiger partial charge in [0.25, 0.3) is 0 Å². The standard InChI is InChI=1S/C16H23N5/c1-3-14-5-7-15(8-6-14)20-16(17)18-11-13(2)12-21-10-4-9-19-21/h4-10,13H,3,11-12H2,1-2H3,(H3,17,18,20). The fourth-order valence-electron chi connectivity index (χ4n) is 2.05. The first kappa shape index (κ1) is 15.1. The molecule has 0 saturated carbocycles. The molecule has 0 radical (unpaired) electrons. The maximum atomic E-state index is 5.91. The Morgan fingerprint density at radius 1 is 1.38 bits per heavy atom. The highest BCUT2D eigenvalue weighted by molar-refractivity contribution is 5.92. The Bertz CT molecular complexity index is 557. The lowest BCUT2D eigenvalue weighted by Gasteiger charge is -2.10. The fourth-order valence-corrected chi connectivity index (χ4v) is 2.05. The molecule has 5 heteroatoms. The van der Waals surface area contributed by atoms with E-state index >= 15 is 0 Å². The van der Waals surface area contributed by atoms with Crippen LogP contribution in [0, 0.1) is 5.92 Å². The van der Waals surface area contributed by atoms with Crippen molar-refractivity contribution in [2.75, 3.05) is 11.9 Å². The van der Waals surface area contributed by atoms with E-state index in [9.17, 15) is 0 Å². The average molecular weight is 285 g/mol. The molecule has 2 rings (SSSR count). The van der Waals surface area contributed by atoms with E-state index in [-0.39, 0.29) is 0 Å². The molecule has 0 spiro atoms. The van der Waals surface area contributed by atoms with Gasteiger partial charge in [0.2, 0.25) is 0 Å². The van der Waals surface area contributed by atoms with Crippen LogP contribution in [0.15, 0.2) is 47.7 Å².